The van der Waals surface area contributed by atoms with E-state index in [4.69, 9.17) is 9.47 Å². The van der Waals surface area contributed by atoms with Crippen LogP contribution in [0, 0.1) is 5.82 Å². The maximum atomic E-state index is 13.2. The van der Waals surface area contributed by atoms with Crippen LogP contribution in [-0.2, 0) is 11.3 Å². The summed E-state index contributed by atoms with van der Waals surface area (Å²) < 4.78 is 26.8. The molecule has 0 unspecified atom stereocenters. The van der Waals surface area contributed by atoms with Crippen LogP contribution in [0.5, 0.6) is 11.5 Å². The minimum absolute atomic E-state index is 0.0528. The molecule has 2 aromatic carbocycles. The molecule has 1 amide bonds. The molecule has 2 aromatic heterocycles. The summed E-state index contributed by atoms with van der Waals surface area (Å²) in [7, 11) is 3.13. The molecule has 0 atom stereocenters. The summed E-state index contributed by atoms with van der Waals surface area (Å²) in [6.45, 7) is 2.29. The summed E-state index contributed by atoms with van der Waals surface area (Å²) in [5.41, 5.74) is 2.38. The van der Waals surface area contributed by atoms with Gasteiger partial charge >= 0.3 is 0 Å². The fraction of sp³-hybridized carbons (Fsp3) is 0.269. The minimum Gasteiger partial charge on any atom is -0.493 e. The van der Waals surface area contributed by atoms with Crippen LogP contribution in [0.2, 0.25) is 0 Å². The molecule has 0 radical (unpaired) electrons. The van der Waals surface area contributed by atoms with E-state index in [1.807, 2.05) is 6.07 Å². The van der Waals surface area contributed by atoms with Crippen LogP contribution in [-0.4, -0.2) is 65.4 Å². The van der Waals surface area contributed by atoms with Gasteiger partial charge in [0.2, 0.25) is 5.91 Å². The second-order valence-electron chi connectivity index (χ2n) is 8.50. The lowest BCUT2D eigenvalue weighted by molar-refractivity contribution is -0.132. The van der Waals surface area contributed by atoms with Crippen molar-refractivity contribution in [3.05, 3.63) is 77.1 Å². The fourth-order valence-corrected chi connectivity index (χ4v) is 4.40. The van der Waals surface area contributed by atoms with Gasteiger partial charge in [-0.25, -0.2) is 8.91 Å². The number of piperazine rings is 1. The van der Waals surface area contributed by atoms with Gasteiger partial charge in [0.05, 0.1) is 19.9 Å². The van der Waals surface area contributed by atoms with Crippen molar-refractivity contribution in [3.8, 4) is 22.8 Å². The lowest BCUT2D eigenvalue weighted by atomic mass is 10.1. The minimum atomic E-state index is -0.296. The normalized spacial score (nSPS) is 13.8. The molecule has 0 bridgehead atoms. The molecule has 0 saturated carbocycles. The summed E-state index contributed by atoms with van der Waals surface area (Å²) >= 11 is 0. The second kappa shape index (κ2) is 9.73. The lowest BCUT2D eigenvalue weighted by Crippen LogP contribution is -2.50. The molecule has 0 aliphatic carbocycles. The standard InChI is InChI=1S/C26H26FN5O4/c1-35-23-8-3-18(15-24(23)36-2)21-16-22-26(34)31(13-14-32(22)28-21)17-25(33)30-11-9-29(10-12-30)20-6-4-19(27)5-7-20/h3-8,13-16H,9-12,17H2,1-2H3. The Kier molecular flexibility index (Phi) is 6.32. The summed E-state index contributed by atoms with van der Waals surface area (Å²) in [6.07, 6.45) is 3.24. The lowest BCUT2D eigenvalue weighted by Gasteiger charge is -2.36. The number of hydrogen-bond acceptors (Lipinski definition) is 6. The Hall–Kier alpha value is -4.34. The van der Waals surface area contributed by atoms with Gasteiger partial charge in [-0.2, -0.15) is 5.10 Å². The molecule has 4 aromatic rings. The Bertz CT molecular complexity index is 1460. The molecular weight excluding hydrogens is 465 g/mol. The van der Waals surface area contributed by atoms with Crippen LogP contribution >= 0.6 is 0 Å². The van der Waals surface area contributed by atoms with E-state index in [1.165, 1.54) is 21.2 Å². The Labute approximate surface area is 206 Å². The number of ether oxygens (including phenoxy) is 2. The van der Waals surface area contributed by atoms with Gasteiger partial charge < -0.3 is 23.8 Å². The molecule has 3 heterocycles. The average molecular weight is 492 g/mol. The summed E-state index contributed by atoms with van der Waals surface area (Å²) in [6, 6.07) is 13.5. The first kappa shape index (κ1) is 23.4. The zero-order chi connectivity index (χ0) is 25.2. The third kappa shape index (κ3) is 4.49. The number of aromatic nitrogens is 3. The number of methoxy groups -OCH3 is 2. The number of carbonyl (C=O) groups excluding carboxylic acids is 1. The quantitative estimate of drug-likeness (QED) is 0.413. The third-order valence-electron chi connectivity index (χ3n) is 6.41. The predicted molar refractivity (Wildman–Crippen MR) is 133 cm³/mol. The van der Waals surface area contributed by atoms with Crippen LogP contribution in [0.25, 0.3) is 16.8 Å². The Balaban J connectivity index is 1.30. The van der Waals surface area contributed by atoms with E-state index in [9.17, 15) is 14.0 Å². The van der Waals surface area contributed by atoms with Crippen molar-refractivity contribution in [1.82, 2.24) is 19.1 Å². The monoisotopic (exact) mass is 491 g/mol. The molecule has 9 nitrogen and oxygen atoms in total. The van der Waals surface area contributed by atoms with Crippen molar-refractivity contribution < 1.29 is 18.7 Å². The maximum absolute atomic E-state index is 13.2. The van der Waals surface area contributed by atoms with E-state index in [-0.39, 0.29) is 23.8 Å². The number of rotatable bonds is 6. The molecule has 1 aliphatic rings. The van der Waals surface area contributed by atoms with E-state index in [2.05, 4.69) is 10.00 Å². The number of amides is 1. The van der Waals surface area contributed by atoms with Gasteiger partial charge in [0.15, 0.2) is 11.5 Å². The van der Waals surface area contributed by atoms with Crippen LogP contribution in [0.4, 0.5) is 10.1 Å². The highest BCUT2D eigenvalue weighted by Crippen LogP contribution is 2.31. The molecule has 5 rings (SSSR count). The number of nitrogens with zero attached hydrogens (tertiary/aromatic N) is 5. The molecule has 1 aliphatic heterocycles. The number of halogens is 1. The van der Waals surface area contributed by atoms with Crippen molar-refractivity contribution in [1.29, 1.82) is 0 Å². The molecule has 10 heteroatoms. The van der Waals surface area contributed by atoms with Gasteiger partial charge in [0.25, 0.3) is 5.56 Å². The van der Waals surface area contributed by atoms with Crippen molar-refractivity contribution in [3.63, 3.8) is 0 Å². The van der Waals surface area contributed by atoms with E-state index in [0.717, 1.165) is 11.3 Å². The molecule has 186 valence electrons. The van der Waals surface area contributed by atoms with Gasteiger partial charge in [0.1, 0.15) is 17.9 Å². The third-order valence-corrected chi connectivity index (χ3v) is 6.41. The molecule has 0 spiro atoms. The number of fused-ring (bicyclic) bond motifs is 1. The van der Waals surface area contributed by atoms with Crippen LogP contribution in [0.3, 0.4) is 0 Å². The zero-order valence-electron chi connectivity index (χ0n) is 20.1. The topological polar surface area (TPSA) is 81.3 Å². The smallest absolute Gasteiger partial charge is 0.277 e. The molecular formula is C26H26FN5O4. The van der Waals surface area contributed by atoms with Gasteiger partial charge in [-0.1, -0.05) is 0 Å². The number of anilines is 1. The first-order valence-corrected chi connectivity index (χ1v) is 11.6. The molecule has 1 saturated heterocycles. The highest BCUT2D eigenvalue weighted by Gasteiger charge is 2.22. The van der Waals surface area contributed by atoms with Gasteiger partial charge in [-0.05, 0) is 48.5 Å². The number of hydrogen-bond donors (Lipinski definition) is 0. The molecule has 1 fully saturated rings. The highest BCUT2D eigenvalue weighted by atomic mass is 19.1. The maximum Gasteiger partial charge on any atom is 0.277 e. The van der Waals surface area contributed by atoms with E-state index in [0.29, 0.717) is 48.9 Å². The van der Waals surface area contributed by atoms with E-state index < -0.39 is 0 Å². The fourth-order valence-electron chi connectivity index (χ4n) is 4.40. The SMILES string of the molecule is COc1ccc(-c2cc3c(=O)n(CC(=O)N4CCN(c5ccc(F)cc5)CC4)ccn3n2)cc1OC. The second-order valence-corrected chi connectivity index (χ2v) is 8.50. The summed E-state index contributed by atoms with van der Waals surface area (Å²) in [4.78, 5) is 29.9. The predicted octanol–water partition coefficient (Wildman–Crippen LogP) is 2.67. The number of benzene rings is 2. The highest BCUT2D eigenvalue weighted by molar-refractivity contribution is 5.76. The largest absolute Gasteiger partial charge is 0.493 e. The zero-order valence-corrected chi connectivity index (χ0v) is 20.1. The first-order chi connectivity index (χ1) is 17.5. The van der Waals surface area contributed by atoms with Crippen LogP contribution in [0.1, 0.15) is 0 Å². The van der Waals surface area contributed by atoms with Crippen LogP contribution in [0.15, 0.2) is 65.7 Å². The van der Waals surface area contributed by atoms with Crippen molar-refractivity contribution in [2.24, 2.45) is 0 Å². The van der Waals surface area contributed by atoms with Crippen molar-refractivity contribution in [2.45, 2.75) is 6.54 Å². The average Bonchev–Trinajstić information content (AvgIpc) is 3.35. The van der Waals surface area contributed by atoms with Gasteiger partial charge in [-0.3, -0.25) is 9.59 Å². The summed E-state index contributed by atoms with van der Waals surface area (Å²) in [5.74, 6) is 0.766. The Morgan fingerprint density at radius 2 is 1.67 bits per heavy atom. The molecule has 0 N–H and O–H groups in total. The summed E-state index contributed by atoms with van der Waals surface area (Å²) in [5, 5.41) is 4.51. The van der Waals surface area contributed by atoms with Crippen molar-refractivity contribution in [2.75, 3.05) is 45.3 Å². The van der Waals surface area contributed by atoms with E-state index in [1.54, 1.807) is 61.8 Å². The Morgan fingerprint density at radius 3 is 2.36 bits per heavy atom. The van der Waals surface area contributed by atoms with Gasteiger partial charge in [0, 0.05) is 49.8 Å². The van der Waals surface area contributed by atoms with Crippen LogP contribution < -0.4 is 19.9 Å². The van der Waals surface area contributed by atoms with E-state index >= 15 is 0 Å². The first-order valence-electron chi connectivity index (χ1n) is 11.6. The Morgan fingerprint density at radius 1 is 0.944 bits per heavy atom. The van der Waals surface area contributed by atoms with Crippen molar-refractivity contribution >= 4 is 17.1 Å². The van der Waals surface area contributed by atoms with Gasteiger partial charge in [-0.15, -0.1) is 0 Å². The number of carbonyl (C=O) groups is 1. The molecule has 36 heavy (non-hydrogen) atoms.